The van der Waals surface area contributed by atoms with Gasteiger partial charge in [-0.2, -0.15) is 5.26 Å². The number of aromatic hydroxyl groups is 1. The summed E-state index contributed by atoms with van der Waals surface area (Å²) in [7, 11) is 0. The molecule has 0 heterocycles. The fourth-order valence-corrected chi connectivity index (χ4v) is 1.23. The Morgan fingerprint density at radius 3 is 2.60 bits per heavy atom. The van der Waals surface area contributed by atoms with Gasteiger partial charge in [-0.05, 0) is 34.7 Å². The van der Waals surface area contributed by atoms with Crippen LogP contribution >= 0.6 is 22.6 Å². The maximum absolute atomic E-state index is 9.06. The summed E-state index contributed by atoms with van der Waals surface area (Å²) in [5.41, 5.74) is 0.350. The Balaban J connectivity index is 3.34. The molecule has 1 rings (SSSR count). The van der Waals surface area contributed by atoms with Crippen molar-refractivity contribution in [1.82, 2.24) is 0 Å². The number of hydrogen-bond acceptors (Lipinski definition) is 2. The molecule has 0 saturated carbocycles. The summed E-state index contributed by atoms with van der Waals surface area (Å²) in [6, 6.07) is 6.89. The highest BCUT2D eigenvalue weighted by atomic mass is 127. The topological polar surface area (TPSA) is 44.0 Å². The van der Waals surface area contributed by atoms with Crippen LogP contribution < -0.4 is 0 Å². The zero-order valence-electron chi connectivity index (χ0n) is 5.00. The van der Waals surface area contributed by atoms with Crippen molar-refractivity contribution >= 4 is 22.6 Å². The SMILES string of the molecule is N#Cc1c(O)cccc1I. The molecule has 0 spiro atoms. The van der Waals surface area contributed by atoms with E-state index in [1.807, 2.05) is 28.7 Å². The van der Waals surface area contributed by atoms with Crippen LogP contribution in [0.15, 0.2) is 18.2 Å². The molecule has 50 valence electrons. The molecule has 0 aliphatic heterocycles. The zero-order valence-corrected chi connectivity index (χ0v) is 7.16. The minimum Gasteiger partial charge on any atom is -0.507 e. The molecule has 1 aromatic carbocycles. The van der Waals surface area contributed by atoms with Crippen molar-refractivity contribution in [1.29, 1.82) is 5.26 Å². The van der Waals surface area contributed by atoms with E-state index in [-0.39, 0.29) is 5.75 Å². The zero-order chi connectivity index (χ0) is 7.56. The lowest BCUT2D eigenvalue weighted by atomic mass is 10.2. The van der Waals surface area contributed by atoms with E-state index in [1.165, 1.54) is 6.07 Å². The maximum atomic E-state index is 9.06. The third-order valence-corrected chi connectivity index (χ3v) is 2.00. The first-order chi connectivity index (χ1) is 4.75. The van der Waals surface area contributed by atoms with Crippen LogP contribution in [0.5, 0.6) is 5.75 Å². The van der Waals surface area contributed by atoms with E-state index >= 15 is 0 Å². The Hall–Kier alpha value is -0.760. The molecule has 0 radical (unpaired) electrons. The molecular formula is C7H4INO. The number of nitriles is 1. The maximum Gasteiger partial charge on any atom is 0.134 e. The molecule has 0 aliphatic carbocycles. The van der Waals surface area contributed by atoms with Crippen molar-refractivity contribution < 1.29 is 5.11 Å². The van der Waals surface area contributed by atoms with Crippen LogP contribution in [-0.4, -0.2) is 5.11 Å². The van der Waals surface area contributed by atoms with Crippen molar-refractivity contribution in [3.63, 3.8) is 0 Å². The predicted octanol–water partition coefficient (Wildman–Crippen LogP) is 1.87. The molecule has 1 N–H and O–H groups in total. The van der Waals surface area contributed by atoms with Gasteiger partial charge in [0, 0.05) is 3.57 Å². The molecule has 3 heteroatoms. The second kappa shape index (κ2) is 2.88. The number of phenolic OH excluding ortho intramolecular Hbond substituents is 1. The van der Waals surface area contributed by atoms with Crippen LogP contribution in [0.25, 0.3) is 0 Å². The van der Waals surface area contributed by atoms with Gasteiger partial charge in [-0.1, -0.05) is 6.07 Å². The lowest BCUT2D eigenvalue weighted by molar-refractivity contribution is 0.473. The molecule has 1 aromatic rings. The summed E-state index contributed by atoms with van der Waals surface area (Å²) in [4.78, 5) is 0. The molecule has 2 nitrogen and oxygen atoms in total. The summed E-state index contributed by atoms with van der Waals surface area (Å²) in [5, 5.41) is 17.5. The summed E-state index contributed by atoms with van der Waals surface area (Å²) < 4.78 is 0.778. The summed E-state index contributed by atoms with van der Waals surface area (Å²) in [5.74, 6) is 0.0504. The van der Waals surface area contributed by atoms with Crippen molar-refractivity contribution in [2.45, 2.75) is 0 Å². The van der Waals surface area contributed by atoms with Gasteiger partial charge in [-0.25, -0.2) is 0 Å². The largest absolute Gasteiger partial charge is 0.507 e. The normalized spacial score (nSPS) is 8.80. The Kier molecular flexibility index (Phi) is 2.12. The summed E-state index contributed by atoms with van der Waals surface area (Å²) in [6.07, 6.45) is 0. The number of hydrogen-bond donors (Lipinski definition) is 1. The monoisotopic (exact) mass is 245 g/mol. The van der Waals surface area contributed by atoms with Gasteiger partial charge in [-0.3, -0.25) is 0 Å². The van der Waals surface area contributed by atoms with E-state index in [9.17, 15) is 0 Å². The first-order valence-corrected chi connectivity index (χ1v) is 3.71. The van der Waals surface area contributed by atoms with Gasteiger partial charge in [0.05, 0.1) is 0 Å². The van der Waals surface area contributed by atoms with Gasteiger partial charge in [0.25, 0.3) is 0 Å². The molecule has 0 aromatic heterocycles. The van der Waals surface area contributed by atoms with Crippen molar-refractivity contribution in [3.05, 3.63) is 27.3 Å². The molecule has 10 heavy (non-hydrogen) atoms. The minimum atomic E-state index is 0.0504. The molecule has 0 saturated heterocycles. The second-order valence-corrected chi connectivity index (χ2v) is 2.91. The lowest BCUT2D eigenvalue weighted by Crippen LogP contribution is -1.80. The minimum absolute atomic E-state index is 0.0504. The molecule has 0 atom stereocenters. The van der Waals surface area contributed by atoms with Gasteiger partial charge in [-0.15, -0.1) is 0 Å². The molecule has 0 fully saturated rings. The molecule has 0 aliphatic rings. The highest BCUT2D eigenvalue weighted by molar-refractivity contribution is 14.1. The fraction of sp³-hybridized carbons (Fsp3) is 0. The van der Waals surface area contributed by atoms with Crippen LogP contribution in [0.3, 0.4) is 0 Å². The standard InChI is InChI=1S/C7H4INO/c8-6-2-1-3-7(10)5(6)4-9/h1-3,10H. The summed E-state index contributed by atoms with van der Waals surface area (Å²) >= 11 is 2.00. The first-order valence-electron chi connectivity index (χ1n) is 2.63. The Morgan fingerprint density at radius 2 is 2.20 bits per heavy atom. The third kappa shape index (κ3) is 1.21. The number of benzene rings is 1. The van der Waals surface area contributed by atoms with Crippen LogP contribution in [0.2, 0.25) is 0 Å². The molecule has 0 bridgehead atoms. The van der Waals surface area contributed by atoms with E-state index in [4.69, 9.17) is 10.4 Å². The van der Waals surface area contributed by atoms with Gasteiger partial charge in [0.15, 0.2) is 0 Å². The van der Waals surface area contributed by atoms with E-state index in [2.05, 4.69) is 0 Å². The van der Waals surface area contributed by atoms with Gasteiger partial charge in [0.2, 0.25) is 0 Å². The van der Waals surface area contributed by atoms with E-state index in [0.717, 1.165) is 3.57 Å². The highest BCUT2D eigenvalue weighted by Gasteiger charge is 2.01. The average Bonchev–Trinajstić information content (AvgIpc) is 1.88. The Labute approximate surface area is 72.2 Å². The average molecular weight is 245 g/mol. The van der Waals surface area contributed by atoms with Crippen molar-refractivity contribution in [2.24, 2.45) is 0 Å². The second-order valence-electron chi connectivity index (χ2n) is 1.75. The highest BCUT2D eigenvalue weighted by Crippen LogP contribution is 2.20. The predicted molar refractivity (Wildman–Crippen MR) is 45.5 cm³/mol. The molecule has 0 amide bonds. The first kappa shape index (κ1) is 7.35. The van der Waals surface area contributed by atoms with Crippen LogP contribution in [0.4, 0.5) is 0 Å². The third-order valence-electron chi connectivity index (χ3n) is 1.10. The van der Waals surface area contributed by atoms with Crippen molar-refractivity contribution in [2.75, 3.05) is 0 Å². The van der Waals surface area contributed by atoms with Crippen LogP contribution in [0.1, 0.15) is 5.56 Å². The fourth-order valence-electron chi connectivity index (χ4n) is 0.623. The van der Waals surface area contributed by atoms with E-state index in [1.54, 1.807) is 12.1 Å². The van der Waals surface area contributed by atoms with E-state index in [0.29, 0.717) is 5.56 Å². The van der Waals surface area contributed by atoms with Crippen LogP contribution in [-0.2, 0) is 0 Å². The molecule has 0 unspecified atom stereocenters. The van der Waals surface area contributed by atoms with Gasteiger partial charge < -0.3 is 5.11 Å². The van der Waals surface area contributed by atoms with Gasteiger partial charge in [0.1, 0.15) is 17.4 Å². The number of rotatable bonds is 0. The Bertz CT molecular complexity index is 270. The number of phenols is 1. The number of nitrogens with zero attached hydrogens (tertiary/aromatic N) is 1. The molecular weight excluding hydrogens is 241 g/mol. The van der Waals surface area contributed by atoms with Crippen LogP contribution in [0, 0.1) is 14.9 Å². The summed E-state index contributed by atoms with van der Waals surface area (Å²) in [6.45, 7) is 0. The van der Waals surface area contributed by atoms with Crippen molar-refractivity contribution in [3.8, 4) is 11.8 Å². The number of halogens is 1. The Morgan fingerprint density at radius 1 is 1.50 bits per heavy atom. The smallest absolute Gasteiger partial charge is 0.134 e. The van der Waals surface area contributed by atoms with Gasteiger partial charge >= 0.3 is 0 Å². The van der Waals surface area contributed by atoms with E-state index < -0.39 is 0 Å². The quantitative estimate of drug-likeness (QED) is 0.709. The lowest BCUT2D eigenvalue weighted by Gasteiger charge is -1.95.